The molecule has 0 aliphatic heterocycles. The Balaban J connectivity index is 0.000000144. The lowest BCUT2D eigenvalue weighted by molar-refractivity contribution is 0.590. The molecule has 0 unspecified atom stereocenters. The summed E-state index contributed by atoms with van der Waals surface area (Å²) in [6.07, 6.45) is 0. The average molecular weight is 1220 g/mol. The molecule has 0 atom stereocenters. The zero-order valence-corrected chi connectivity index (χ0v) is 53.5. The summed E-state index contributed by atoms with van der Waals surface area (Å²) in [7, 11) is 0. The zero-order chi connectivity index (χ0) is 63.7. The Hall–Kier alpha value is -11.8. The minimum absolute atomic E-state index is 0.0985. The van der Waals surface area contributed by atoms with Gasteiger partial charge in [0.2, 0.25) is 0 Å². The molecule has 0 aliphatic carbocycles. The standard InChI is InChI=1S/C48H36O.C45H30O/c1-48(2,3)37-24-20-32(21-25-37)46-39-17-7-8-18-40(39)47(31-12-5-4-6-13-31)43-30-35(22-26-41(43)46)33-14-11-15-34(28-33)36-23-27-45-42(29-36)38-16-9-10-19-44(38)49-45;1-29-18-20-31(21-19-29)44-37-15-5-6-16-38(37)45(30-10-3-2-4-11-30)41-28-34(22-24-39(41)44)32-12-9-13-33(26-32)35-23-25-43-40(27-35)36-14-7-8-17-42(36)46-43/h4-30H,1-3H3;2-28H,1H3. The summed E-state index contributed by atoms with van der Waals surface area (Å²) in [5.74, 6) is 0. The van der Waals surface area contributed by atoms with E-state index in [0.29, 0.717) is 0 Å². The summed E-state index contributed by atoms with van der Waals surface area (Å²) in [4.78, 5) is 0. The second-order valence-electron chi connectivity index (χ2n) is 26.3. The van der Waals surface area contributed by atoms with Gasteiger partial charge in [0.1, 0.15) is 22.3 Å². The van der Waals surface area contributed by atoms with Crippen LogP contribution in [0.5, 0.6) is 0 Å². The third-order valence-corrected chi connectivity index (χ3v) is 19.4. The number of fused-ring (bicyclic) bond motifs is 10. The Morgan fingerprint density at radius 1 is 0.189 bits per heavy atom. The number of para-hydroxylation sites is 2. The van der Waals surface area contributed by atoms with Crippen LogP contribution in [0.15, 0.2) is 336 Å². The molecule has 18 aromatic rings. The molecule has 0 N–H and O–H groups in total. The average Bonchev–Trinajstić information content (AvgIpc) is 1.59. The number of rotatable bonds is 8. The largest absolute Gasteiger partial charge is 0.456 e. The third-order valence-electron chi connectivity index (χ3n) is 19.4. The molecule has 2 heterocycles. The van der Waals surface area contributed by atoms with Crippen LogP contribution in [0.2, 0.25) is 0 Å². The molecule has 0 bridgehead atoms. The van der Waals surface area contributed by atoms with E-state index in [2.05, 4.69) is 331 Å². The highest BCUT2D eigenvalue weighted by molar-refractivity contribution is 6.23. The van der Waals surface area contributed by atoms with E-state index >= 15 is 0 Å². The van der Waals surface area contributed by atoms with E-state index in [0.717, 1.165) is 43.9 Å². The van der Waals surface area contributed by atoms with E-state index in [-0.39, 0.29) is 5.41 Å². The molecule has 0 saturated carbocycles. The predicted molar refractivity (Wildman–Crippen MR) is 404 cm³/mol. The molecule has 0 radical (unpaired) electrons. The van der Waals surface area contributed by atoms with Crippen LogP contribution in [0.4, 0.5) is 0 Å². The maximum absolute atomic E-state index is 6.12. The Labute approximate surface area is 553 Å². The SMILES string of the molecule is CC(C)(C)c1ccc(-c2c3ccccc3c(-c3ccccc3)c3cc(-c4cccc(-c5ccc6oc7ccccc7c6c5)c4)ccc23)cc1.Cc1ccc(-c2c3ccccc3c(-c3ccccc3)c3cc(-c4cccc(-c5ccc6oc7ccccc7c6c5)c4)ccc23)cc1. The van der Waals surface area contributed by atoms with Crippen molar-refractivity contribution in [2.24, 2.45) is 0 Å². The first-order chi connectivity index (χ1) is 46.6. The molecule has 95 heavy (non-hydrogen) atoms. The van der Waals surface area contributed by atoms with Crippen LogP contribution >= 0.6 is 0 Å². The van der Waals surface area contributed by atoms with Gasteiger partial charge < -0.3 is 8.83 Å². The number of aryl methyl sites for hydroxylation is 1. The first-order valence-corrected chi connectivity index (χ1v) is 32.9. The molecule has 0 spiro atoms. The van der Waals surface area contributed by atoms with Gasteiger partial charge in [0.05, 0.1) is 0 Å². The van der Waals surface area contributed by atoms with Gasteiger partial charge in [0.15, 0.2) is 0 Å². The summed E-state index contributed by atoms with van der Waals surface area (Å²) >= 11 is 0. The van der Waals surface area contributed by atoms with Crippen LogP contribution in [0.3, 0.4) is 0 Å². The number of hydrogen-bond donors (Lipinski definition) is 0. The van der Waals surface area contributed by atoms with E-state index in [4.69, 9.17) is 8.83 Å². The first kappa shape index (κ1) is 57.1. The maximum atomic E-state index is 6.12. The Bertz CT molecular complexity index is 5980. The van der Waals surface area contributed by atoms with Crippen molar-refractivity contribution >= 4 is 87.0 Å². The van der Waals surface area contributed by atoms with Crippen molar-refractivity contribution in [1.82, 2.24) is 0 Å². The van der Waals surface area contributed by atoms with E-state index in [1.165, 1.54) is 143 Å². The van der Waals surface area contributed by atoms with Crippen molar-refractivity contribution in [2.45, 2.75) is 33.1 Å². The molecule has 0 fully saturated rings. The van der Waals surface area contributed by atoms with Crippen molar-refractivity contribution in [3.05, 3.63) is 339 Å². The Morgan fingerprint density at radius 3 is 0.842 bits per heavy atom. The van der Waals surface area contributed by atoms with Gasteiger partial charge in [-0.05, 0) is 211 Å². The topological polar surface area (TPSA) is 26.3 Å². The highest BCUT2D eigenvalue weighted by Crippen LogP contribution is 2.48. The second kappa shape index (κ2) is 23.4. The van der Waals surface area contributed by atoms with Crippen molar-refractivity contribution in [1.29, 1.82) is 0 Å². The fraction of sp³-hybridized carbons (Fsp3) is 0.0538. The van der Waals surface area contributed by atoms with Gasteiger partial charge in [-0.3, -0.25) is 0 Å². The fourth-order valence-corrected chi connectivity index (χ4v) is 14.6. The summed E-state index contributed by atoms with van der Waals surface area (Å²) in [6.45, 7) is 8.97. The summed E-state index contributed by atoms with van der Waals surface area (Å²) in [6, 6.07) is 119. The number of furan rings is 2. The van der Waals surface area contributed by atoms with Gasteiger partial charge >= 0.3 is 0 Å². The fourth-order valence-electron chi connectivity index (χ4n) is 14.6. The first-order valence-electron chi connectivity index (χ1n) is 32.9. The lowest BCUT2D eigenvalue weighted by Gasteiger charge is -2.21. The van der Waals surface area contributed by atoms with Crippen LogP contribution in [0.1, 0.15) is 31.9 Å². The summed E-state index contributed by atoms with van der Waals surface area (Å²) in [5.41, 5.74) is 26.0. The zero-order valence-electron chi connectivity index (χ0n) is 53.5. The number of hydrogen-bond acceptors (Lipinski definition) is 2. The molecule has 0 aliphatic rings. The summed E-state index contributed by atoms with van der Waals surface area (Å²) in [5, 5.41) is 14.7. The normalized spacial score (nSPS) is 11.8. The quantitative estimate of drug-likeness (QED) is 0.142. The highest BCUT2D eigenvalue weighted by Gasteiger charge is 2.22. The van der Waals surface area contributed by atoms with Gasteiger partial charge in [-0.2, -0.15) is 0 Å². The molecular weight excluding hydrogens is 1150 g/mol. The number of benzene rings is 16. The Morgan fingerprint density at radius 2 is 0.453 bits per heavy atom. The van der Waals surface area contributed by atoms with Crippen molar-refractivity contribution < 1.29 is 8.83 Å². The molecule has 2 nitrogen and oxygen atoms in total. The van der Waals surface area contributed by atoms with E-state index in [1.807, 2.05) is 24.3 Å². The van der Waals surface area contributed by atoms with Crippen LogP contribution in [0, 0.1) is 6.92 Å². The Kier molecular flexibility index (Phi) is 14.0. The van der Waals surface area contributed by atoms with Crippen LogP contribution in [-0.2, 0) is 5.41 Å². The molecule has 16 aromatic carbocycles. The van der Waals surface area contributed by atoms with Crippen molar-refractivity contribution in [2.75, 3.05) is 0 Å². The minimum atomic E-state index is 0.0985. The minimum Gasteiger partial charge on any atom is -0.456 e. The van der Waals surface area contributed by atoms with Gasteiger partial charge in [0, 0.05) is 21.5 Å². The molecule has 2 heteroatoms. The van der Waals surface area contributed by atoms with Gasteiger partial charge in [-0.1, -0.05) is 293 Å². The molecule has 18 rings (SSSR count). The van der Waals surface area contributed by atoms with Crippen LogP contribution in [-0.4, -0.2) is 0 Å². The molecule has 0 amide bonds. The van der Waals surface area contributed by atoms with Crippen LogP contribution < -0.4 is 0 Å². The van der Waals surface area contributed by atoms with Crippen molar-refractivity contribution in [3.8, 4) is 89.0 Å². The second-order valence-corrected chi connectivity index (χ2v) is 26.3. The van der Waals surface area contributed by atoms with E-state index in [1.54, 1.807) is 0 Å². The highest BCUT2D eigenvalue weighted by atomic mass is 16.3. The van der Waals surface area contributed by atoms with Gasteiger partial charge in [-0.15, -0.1) is 0 Å². The van der Waals surface area contributed by atoms with Gasteiger partial charge in [0.25, 0.3) is 0 Å². The van der Waals surface area contributed by atoms with E-state index < -0.39 is 0 Å². The molecule has 2 aromatic heterocycles. The van der Waals surface area contributed by atoms with Crippen molar-refractivity contribution in [3.63, 3.8) is 0 Å². The van der Waals surface area contributed by atoms with E-state index in [9.17, 15) is 0 Å². The summed E-state index contributed by atoms with van der Waals surface area (Å²) < 4.78 is 12.2. The van der Waals surface area contributed by atoms with Gasteiger partial charge in [-0.25, -0.2) is 0 Å². The smallest absolute Gasteiger partial charge is 0.135 e. The third kappa shape index (κ3) is 10.3. The lowest BCUT2D eigenvalue weighted by atomic mass is 9.83. The predicted octanol–water partition coefficient (Wildman–Crippen LogP) is 26.7. The molecular formula is C93H66O2. The molecule has 450 valence electrons. The lowest BCUT2D eigenvalue weighted by Crippen LogP contribution is -2.10. The molecule has 0 saturated heterocycles. The monoisotopic (exact) mass is 1210 g/mol. The maximum Gasteiger partial charge on any atom is 0.135 e. The van der Waals surface area contributed by atoms with Crippen LogP contribution in [0.25, 0.3) is 176 Å².